The molecule has 0 radical (unpaired) electrons. The molecule has 0 aliphatic carbocycles. The number of halogens is 4. The minimum Gasteiger partial charge on any atom is -0.496 e. The number of pyridine rings is 1. The second-order valence-electron chi connectivity index (χ2n) is 7.52. The fourth-order valence-electron chi connectivity index (χ4n) is 3.32. The first kappa shape index (κ1) is 27.3. The van der Waals surface area contributed by atoms with E-state index in [0.29, 0.717) is 17.5 Å². The van der Waals surface area contributed by atoms with Gasteiger partial charge in [0.05, 0.1) is 54.6 Å². The van der Waals surface area contributed by atoms with Crippen LogP contribution >= 0.6 is 11.6 Å². The highest BCUT2D eigenvalue weighted by Crippen LogP contribution is 2.37. The number of rotatable bonds is 10. The minimum atomic E-state index is -4.74. The van der Waals surface area contributed by atoms with Gasteiger partial charge in [0.25, 0.3) is 0 Å². The van der Waals surface area contributed by atoms with Gasteiger partial charge in [-0.3, -0.25) is 14.6 Å². The van der Waals surface area contributed by atoms with Crippen LogP contribution in [0, 0.1) is 11.3 Å². The van der Waals surface area contributed by atoms with E-state index < -0.39 is 23.6 Å². The molecule has 12 heteroatoms. The van der Waals surface area contributed by atoms with Gasteiger partial charge in [0.15, 0.2) is 5.78 Å². The fourth-order valence-corrected chi connectivity index (χ4v) is 3.58. The van der Waals surface area contributed by atoms with E-state index >= 15 is 0 Å². The van der Waals surface area contributed by atoms with E-state index in [1.165, 1.54) is 19.2 Å². The Morgan fingerprint density at radius 1 is 1.16 bits per heavy atom. The molecule has 0 amide bonds. The maximum Gasteiger partial charge on any atom is 0.433 e. The number of carboxylic acid groups (broad SMARTS) is 1. The number of carbonyl (C=O) groups excluding carboxylic acids is 1. The van der Waals surface area contributed by atoms with Crippen LogP contribution in [0.5, 0.6) is 11.5 Å². The van der Waals surface area contributed by atoms with Crippen LogP contribution in [-0.4, -0.2) is 42.1 Å². The van der Waals surface area contributed by atoms with E-state index in [1.54, 1.807) is 30.3 Å². The van der Waals surface area contributed by atoms with Crippen molar-refractivity contribution in [2.45, 2.75) is 12.6 Å². The van der Waals surface area contributed by atoms with Crippen LogP contribution in [0.25, 0.3) is 11.1 Å². The molecule has 0 atom stereocenters. The van der Waals surface area contributed by atoms with Gasteiger partial charge in [-0.2, -0.15) is 18.4 Å². The third kappa shape index (κ3) is 6.68. The van der Waals surface area contributed by atoms with Crippen LogP contribution in [0.15, 0.2) is 48.7 Å². The van der Waals surface area contributed by atoms with Crippen molar-refractivity contribution in [1.29, 1.82) is 5.26 Å². The number of methoxy groups -OCH3 is 1. The highest BCUT2D eigenvalue weighted by Gasteiger charge is 2.33. The first-order valence-corrected chi connectivity index (χ1v) is 11.0. The van der Waals surface area contributed by atoms with Crippen molar-refractivity contribution in [1.82, 2.24) is 4.98 Å². The third-order valence-electron chi connectivity index (χ3n) is 5.09. The van der Waals surface area contributed by atoms with Crippen molar-refractivity contribution in [3.63, 3.8) is 0 Å². The number of ether oxygens (including phenoxy) is 2. The summed E-state index contributed by atoms with van der Waals surface area (Å²) in [4.78, 5) is 27.2. The number of nitriles is 1. The van der Waals surface area contributed by atoms with Gasteiger partial charge in [-0.25, -0.2) is 0 Å². The van der Waals surface area contributed by atoms with Crippen molar-refractivity contribution in [2.24, 2.45) is 0 Å². The molecule has 0 spiro atoms. The largest absolute Gasteiger partial charge is 0.496 e. The Morgan fingerprint density at radius 3 is 2.54 bits per heavy atom. The predicted molar refractivity (Wildman–Crippen MR) is 128 cm³/mol. The Balaban J connectivity index is 1.90. The maximum atomic E-state index is 13.1. The lowest BCUT2D eigenvalue weighted by atomic mass is 9.97. The molecule has 3 aromatic rings. The molecule has 2 aromatic carbocycles. The zero-order valence-electron chi connectivity index (χ0n) is 19.2. The first-order valence-electron chi connectivity index (χ1n) is 10.6. The maximum absolute atomic E-state index is 13.1. The minimum absolute atomic E-state index is 0.0161. The van der Waals surface area contributed by atoms with Crippen LogP contribution in [0.4, 0.5) is 18.9 Å². The van der Waals surface area contributed by atoms with Gasteiger partial charge < -0.3 is 19.9 Å². The highest BCUT2D eigenvalue weighted by atomic mass is 35.5. The zero-order chi connectivity index (χ0) is 27.2. The SMILES string of the molecule is COc1cc(Cl)c(-c2cnc(C(F)(F)F)cc2C#N)cc1C(=O)CNc1ccccc1OCCC(=O)O. The number of hydrogen-bond acceptors (Lipinski definition) is 7. The Kier molecular flexibility index (Phi) is 8.57. The van der Waals surface area contributed by atoms with E-state index in [-0.39, 0.29) is 52.6 Å². The molecule has 192 valence electrons. The number of para-hydroxylation sites is 2. The van der Waals surface area contributed by atoms with Crippen LogP contribution in [-0.2, 0) is 11.0 Å². The van der Waals surface area contributed by atoms with E-state index in [2.05, 4.69) is 10.3 Å². The molecule has 1 aromatic heterocycles. The molecule has 37 heavy (non-hydrogen) atoms. The number of nitrogens with zero attached hydrogens (tertiary/aromatic N) is 2. The topological polar surface area (TPSA) is 122 Å². The monoisotopic (exact) mass is 533 g/mol. The summed E-state index contributed by atoms with van der Waals surface area (Å²) < 4.78 is 49.9. The first-order chi connectivity index (χ1) is 17.5. The van der Waals surface area contributed by atoms with E-state index in [9.17, 15) is 28.0 Å². The summed E-state index contributed by atoms with van der Waals surface area (Å²) in [5, 5.41) is 21.2. The van der Waals surface area contributed by atoms with Crippen LogP contribution in [0.3, 0.4) is 0 Å². The van der Waals surface area contributed by atoms with Crippen molar-refractivity contribution in [3.8, 4) is 28.7 Å². The molecule has 0 aliphatic rings. The number of benzene rings is 2. The predicted octanol–water partition coefficient (Wildman–Crippen LogP) is 5.45. The molecule has 0 saturated heterocycles. The molecular weight excluding hydrogens is 515 g/mol. The fraction of sp³-hybridized carbons (Fsp3) is 0.200. The summed E-state index contributed by atoms with van der Waals surface area (Å²) in [6.07, 6.45) is -4.07. The molecule has 8 nitrogen and oxygen atoms in total. The average Bonchev–Trinajstić information content (AvgIpc) is 2.86. The molecule has 0 bridgehead atoms. The van der Waals surface area contributed by atoms with Crippen LogP contribution in [0.1, 0.15) is 28.0 Å². The molecule has 0 aliphatic heterocycles. The number of ketones is 1. The van der Waals surface area contributed by atoms with Crippen LogP contribution in [0.2, 0.25) is 5.02 Å². The van der Waals surface area contributed by atoms with E-state index in [4.69, 9.17) is 26.2 Å². The molecule has 0 fully saturated rings. The lowest BCUT2D eigenvalue weighted by Crippen LogP contribution is -2.16. The molecule has 1 heterocycles. The Hall–Kier alpha value is -4.30. The molecule has 0 saturated carbocycles. The van der Waals surface area contributed by atoms with Crippen molar-refractivity contribution in [2.75, 3.05) is 25.6 Å². The summed E-state index contributed by atoms with van der Waals surface area (Å²) >= 11 is 6.32. The zero-order valence-corrected chi connectivity index (χ0v) is 20.0. The number of aromatic nitrogens is 1. The number of alkyl halides is 3. The van der Waals surface area contributed by atoms with E-state index in [0.717, 1.165) is 6.20 Å². The van der Waals surface area contributed by atoms with Crippen molar-refractivity contribution in [3.05, 3.63) is 70.5 Å². The van der Waals surface area contributed by atoms with Gasteiger partial charge in [-0.05, 0) is 24.3 Å². The second kappa shape index (κ2) is 11.6. The number of hydrogen-bond donors (Lipinski definition) is 2. The average molecular weight is 534 g/mol. The van der Waals surface area contributed by atoms with Gasteiger partial charge in [-0.15, -0.1) is 0 Å². The number of nitrogens with one attached hydrogen (secondary N) is 1. The lowest BCUT2D eigenvalue weighted by Gasteiger charge is -2.15. The highest BCUT2D eigenvalue weighted by molar-refractivity contribution is 6.33. The summed E-state index contributed by atoms with van der Waals surface area (Å²) in [5.41, 5.74) is -0.917. The summed E-state index contributed by atoms with van der Waals surface area (Å²) in [5.74, 6) is -1.03. The summed E-state index contributed by atoms with van der Waals surface area (Å²) in [7, 11) is 1.32. The number of anilines is 1. The summed E-state index contributed by atoms with van der Waals surface area (Å²) in [6.45, 7) is -0.314. The standard InChI is InChI=1S/C25H19ClF3N3O5/c1-36-22-10-18(26)15(17-12-32-23(25(27,28)29)8-14(17)11-30)9-16(22)20(33)13-31-19-4-2-3-5-21(19)37-7-6-24(34)35/h2-5,8-10,12,31H,6-7,13H2,1H3,(H,34,35). The van der Waals surface area contributed by atoms with Gasteiger partial charge in [0.2, 0.25) is 0 Å². The quantitative estimate of drug-likeness (QED) is 0.330. The normalized spacial score (nSPS) is 10.9. The summed E-state index contributed by atoms with van der Waals surface area (Å²) in [6, 6.07) is 11.6. The van der Waals surface area contributed by atoms with Gasteiger partial charge >= 0.3 is 12.1 Å². The second-order valence-corrected chi connectivity index (χ2v) is 7.93. The van der Waals surface area contributed by atoms with Gasteiger partial charge in [-0.1, -0.05) is 23.7 Å². The number of carbonyl (C=O) groups is 2. The molecule has 2 N–H and O–H groups in total. The lowest BCUT2D eigenvalue weighted by molar-refractivity contribution is -0.141. The molecule has 0 unspecified atom stereocenters. The van der Waals surface area contributed by atoms with Crippen LogP contribution < -0.4 is 14.8 Å². The Labute approximate surface area is 214 Å². The van der Waals surface area contributed by atoms with Crippen molar-refractivity contribution < 1.29 is 37.3 Å². The Morgan fingerprint density at radius 2 is 1.89 bits per heavy atom. The van der Waals surface area contributed by atoms with Gasteiger partial charge in [0.1, 0.15) is 17.2 Å². The van der Waals surface area contributed by atoms with Crippen molar-refractivity contribution >= 4 is 29.0 Å². The number of aliphatic carboxylic acids is 1. The number of carboxylic acids is 1. The van der Waals surface area contributed by atoms with Gasteiger partial charge in [0, 0.05) is 23.4 Å². The molecular formula is C25H19ClF3N3O5. The van der Waals surface area contributed by atoms with E-state index in [1.807, 2.05) is 0 Å². The number of Topliss-reactive ketones (excluding diaryl/α,β-unsaturated/α-hetero) is 1. The Bertz CT molecular complexity index is 1370. The third-order valence-corrected chi connectivity index (χ3v) is 5.41. The molecule has 3 rings (SSSR count). The smallest absolute Gasteiger partial charge is 0.433 e.